The van der Waals surface area contributed by atoms with E-state index in [1.54, 1.807) is 31.2 Å². The lowest BCUT2D eigenvalue weighted by atomic mass is 10.1. The molecule has 2 aromatic rings. The van der Waals surface area contributed by atoms with Gasteiger partial charge in [-0.3, -0.25) is 4.79 Å². The summed E-state index contributed by atoms with van der Waals surface area (Å²) in [6, 6.07) is 12.1. The Balaban J connectivity index is 2.13. The molecule has 2 N–H and O–H groups in total. The van der Waals surface area contributed by atoms with Crippen molar-refractivity contribution < 1.29 is 18.3 Å². The van der Waals surface area contributed by atoms with Crippen LogP contribution in [0.15, 0.2) is 58.5 Å². The molecule has 2 rings (SSSR count). The van der Waals surface area contributed by atoms with Gasteiger partial charge in [0.15, 0.2) is 0 Å². The SMILES string of the molecule is C/C(=N/NC(=O)c1cccc(O)c1)c1ccc(S(=O)(=O)N(C)C)cc1. The molecule has 0 aliphatic heterocycles. The number of aromatic hydroxyl groups is 1. The molecule has 0 saturated carbocycles. The molecule has 0 spiro atoms. The van der Waals surface area contributed by atoms with Gasteiger partial charge < -0.3 is 5.11 Å². The second-order valence-corrected chi connectivity index (χ2v) is 7.65. The first-order valence-electron chi connectivity index (χ1n) is 7.38. The molecular weight excluding hydrogens is 342 g/mol. The fourth-order valence-corrected chi connectivity index (χ4v) is 2.89. The molecular formula is C17H19N3O4S. The van der Waals surface area contributed by atoms with Crippen molar-refractivity contribution in [2.24, 2.45) is 5.10 Å². The Morgan fingerprint density at radius 2 is 1.72 bits per heavy atom. The van der Waals surface area contributed by atoms with E-state index in [1.807, 2.05) is 0 Å². The average Bonchev–Trinajstić information content (AvgIpc) is 2.59. The number of phenols is 1. The van der Waals surface area contributed by atoms with E-state index in [-0.39, 0.29) is 16.2 Å². The van der Waals surface area contributed by atoms with Crippen LogP contribution in [0.4, 0.5) is 0 Å². The van der Waals surface area contributed by atoms with Crippen molar-refractivity contribution in [3.05, 3.63) is 59.7 Å². The maximum Gasteiger partial charge on any atom is 0.271 e. The van der Waals surface area contributed by atoms with E-state index in [9.17, 15) is 18.3 Å². The van der Waals surface area contributed by atoms with Crippen LogP contribution in [-0.4, -0.2) is 43.5 Å². The topological polar surface area (TPSA) is 99.1 Å². The maximum atomic E-state index is 12.0. The number of carbonyl (C=O) groups excluding carboxylic acids is 1. The predicted molar refractivity (Wildman–Crippen MR) is 95.1 cm³/mol. The molecule has 7 nitrogen and oxygen atoms in total. The number of amides is 1. The number of hydrazone groups is 1. The summed E-state index contributed by atoms with van der Waals surface area (Å²) < 4.78 is 25.2. The molecule has 25 heavy (non-hydrogen) atoms. The highest BCUT2D eigenvalue weighted by Gasteiger charge is 2.16. The monoisotopic (exact) mass is 361 g/mol. The minimum Gasteiger partial charge on any atom is -0.508 e. The molecule has 0 aliphatic carbocycles. The Kier molecular flexibility index (Phi) is 5.55. The maximum absolute atomic E-state index is 12.0. The molecule has 0 fully saturated rings. The van der Waals surface area contributed by atoms with Gasteiger partial charge in [0.2, 0.25) is 10.0 Å². The van der Waals surface area contributed by atoms with Crippen molar-refractivity contribution in [2.75, 3.05) is 14.1 Å². The molecule has 8 heteroatoms. The second kappa shape index (κ2) is 7.45. The van der Waals surface area contributed by atoms with E-state index in [0.29, 0.717) is 11.3 Å². The van der Waals surface area contributed by atoms with Crippen LogP contribution in [-0.2, 0) is 10.0 Å². The third kappa shape index (κ3) is 4.43. The Morgan fingerprint density at radius 1 is 1.08 bits per heavy atom. The van der Waals surface area contributed by atoms with Gasteiger partial charge in [0.05, 0.1) is 10.6 Å². The van der Waals surface area contributed by atoms with Gasteiger partial charge in [0, 0.05) is 19.7 Å². The van der Waals surface area contributed by atoms with Gasteiger partial charge in [-0.1, -0.05) is 18.2 Å². The van der Waals surface area contributed by atoms with Crippen molar-refractivity contribution in [1.82, 2.24) is 9.73 Å². The summed E-state index contributed by atoms with van der Waals surface area (Å²) in [6.45, 7) is 1.69. The smallest absolute Gasteiger partial charge is 0.271 e. The average molecular weight is 361 g/mol. The fraction of sp³-hybridized carbons (Fsp3) is 0.176. The molecule has 0 aromatic heterocycles. The minimum atomic E-state index is -3.49. The number of nitrogens with zero attached hydrogens (tertiary/aromatic N) is 2. The molecule has 0 radical (unpaired) electrons. The lowest BCUT2D eigenvalue weighted by molar-refractivity contribution is 0.0954. The second-order valence-electron chi connectivity index (χ2n) is 5.50. The van der Waals surface area contributed by atoms with Crippen LogP contribution in [0, 0.1) is 0 Å². The van der Waals surface area contributed by atoms with Crippen LogP contribution in [0.3, 0.4) is 0 Å². The van der Waals surface area contributed by atoms with Crippen molar-refractivity contribution >= 4 is 21.6 Å². The highest BCUT2D eigenvalue weighted by atomic mass is 32.2. The van der Waals surface area contributed by atoms with Gasteiger partial charge in [0.1, 0.15) is 5.75 Å². The number of hydrogen-bond acceptors (Lipinski definition) is 5. The number of benzene rings is 2. The van der Waals surface area contributed by atoms with Crippen molar-refractivity contribution in [3.63, 3.8) is 0 Å². The number of sulfonamides is 1. The zero-order valence-corrected chi connectivity index (χ0v) is 14.9. The first kappa shape index (κ1) is 18.6. The first-order valence-corrected chi connectivity index (χ1v) is 8.82. The molecule has 0 unspecified atom stereocenters. The summed E-state index contributed by atoms with van der Waals surface area (Å²) in [5, 5.41) is 13.4. The van der Waals surface area contributed by atoms with E-state index in [4.69, 9.17) is 0 Å². The van der Waals surface area contributed by atoms with E-state index in [0.717, 1.165) is 4.31 Å². The van der Waals surface area contributed by atoms with Crippen molar-refractivity contribution in [3.8, 4) is 5.75 Å². The largest absolute Gasteiger partial charge is 0.508 e. The van der Waals surface area contributed by atoms with Gasteiger partial charge in [-0.2, -0.15) is 5.10 Å². The van der Waals surface area contributed by atoms with Crippen LogP contribution in [0.2, 0.25) is 0 Å². The van der Waals surface area contributed by atoms with Crippen LogP contribution in [0.1, 0.15) is 22.8 Å². The van der Waals surface area contributed by atoms with Gasteiger partial charge in [-0.05, 0) is 42.8 Å². The normalized spacial score (nSPS) is 12.2. The minimum absolute atomic E-state index is 0.00829. The van der Waals surface area contributed by atoms with Gasteiger partial charge in [0.25, 0.3) is 5.91 Å². The lowest BCUT2D eigenvalue weighted by Gasteiger charge is -2.11. The van der Waals surface area contributed by atoms with Crippen molar-refractivity contribution in [1.29, 1.82) is 0 Å². The summed E-state index contributed by atoms with van der Waals surface area (Å²) in [4.78, 5) is 12.2. The number of rotatable bonds is 5. The zero-order chi connectivity index (χ0) is 18.6. The van der Waals surface area contributed by atoms with Gasteiger partial charge in [-0.15, -0.1) is 0 Å². The molecule has 1 amide bonds. The zero-order valence-electron chi connectivity index (χ0n) is 14.1. The van der Waals surface area contributed by atoms with Crippen LogP contribution in [0.25, 0.3) is 0 Å². The number of phenolic OH excluding ortho intramolecular Hbond substituents is 1. The van der Waals surface area contributed by atoms with E-state index < -0.39 is 15.9 Å². The highest BCUT2D eigenvalue weighted by Crippen LogP contribution is 2.14. The number of carbonyl (C=O) groups is 1. The molecule has 0 saturated heterocycles. The van der Waals surface area contributed by atoms with Crippen molar-refractivity contribution in [2.45, 2.75) is 11.8 Å². The lowest BCUT2D eigenvalue weighted by Crippen LogP contribution is -2.22. The molecule has 132 valence electrons. The highest BCUT2D eigenvalue weighted by molar-refractivity contribution is 7.89. The Labute approximate surface area is 146 Å². The Hall–Kier alpha value is -2.71. The summed E-state index contributed by atoms with van der Waals surface area (Å²) in [7, 11) is -0.555. The summed E-state index contributed by atoms with van der Waals surface area (Å²) in [5.41, 5.74) is 3.87. The molecule has 0 atom stereocenters. The molecule has 0 aliphatic rings. The first-order chi connectivity index (χ1) is 11.7. The predicted octanol–water partition coefficient (Wildman–Crippen LogP) is 1.80. The van der Waals surface area contributed by atoms with Gasteiger partial charge >= 0.3 is 0 Å². The van der Waals surface area contributed by atoms with Crippen LogP contribution >= 0.6 is 0 Å². The third-order valence-corrected chi connectivity index (χ3v) is 5.31. The third-order valence-electron chi connectivity index (χ3n) is 3.48. The van der Waals surface area contributed by atoms with E-state index in [1.165, 1.54) is 38.4 Å². The van der Waals surface area contributed by atoms with Crippen LogP contribution < -0.4 is 5.43 Å². The number of nitrogens with one attached hydrogen (secondary N) is 1. The Bertz CT molecular complexity index is 904. The summed E-state index contributed by atoms with van der Waals surface area (Å²) in [5.74, 6) is -0.465. The van der Waals surface area contributed by atoms with Gasteiger partial charge in [-0.25, -0.2) is 18.1 Å². The standard InChI is InChI=1S/C17H19N3O4S/c1-12(18-19-17(22)14-5-4-6-15(21)11-14)13-7-9-16(10-8-13)25(23,24)20(2)3/h4-11,21H,1-3H3,(H,19,22)/b18-12-. The molecule has 0 heterocycles. The molecule has 2 aromatic carbocycles. The quantitative estimate of drug-likeness (QED) is 0.626. The fourth-order valence-electron chi connectivity index (χ4n) is 1.99. The molecule has 0 bridgehead atoms. The van der Waals surface area contributed by atoms with E-state index >= 15 is 0 Å². The number of hydrogen-bond donors (Lipinski definition) is 2. The summed E-state index contributed by atoms with van der Waals surface area (Å²) >= 11 is 0. The van der Waals surface area contributed by atoms with Crippen LogP contribution in [0.5, 0.6) is 5.75 Å². The summed E-state index contributed by atoms with van der Waals surface area (Å²) in [6.07, 6.45) is 0. The Morgan fingerprint density at radius 3 is 2.28 bits per heavy atom. The van der Waals surface area contributed by atoms with E-state index in [2.05, 4.69) is 10.5 Å².